The minimum Gasteiger partial charge on any atom is -0.496 e. The molecule has 0 saturated heterocycles. The molecular weight excluding hydrogens is 208 g/mol. The maximum atomic E-state index is 10.7. The van der Waals surface area contributed by atoms with Gasteiger partial charge in [-0.25, -0.2) is 0 Å². The second-order valence-electron chi connectivity index (χ2n) is 3.51. The number of benzene rings is 1. The number of rotatable bonds is 6. The first kappa shape index (κ1) is 12.2. The van der Waals surface area contributed by atoms with Gasteiger partial charge in [-0.15, -0.1) is 0 Å². The van der Waals surface area contributed by atoms with E-state index in [1.807, 2.05) is 18.2 Å². The minimum atomic E-state index is -0.966. The number of hydrogen-bond donors (Lipinski definition) is 1. The van der Waals surface area contributed by atoms with Crippen LogP contribution in [0.2, 0.25) is 0 Å². The lowest BCUT2D eigenvalue weighted by atomic mass is 9.97. The van der Waals surface area contributed by atoms with Gasteiger partial charge in [-0.3, -0.25) is 4.79 Å². The number of para-hydroxylation sites is 1. The highest BCUT2D eigenvalue weighted by Crippen LogP contribution is 2.21. The van der Waals surface area contributed by atoms with E-state index < -0.39 is 11.9 Å². The van der Waals surface area contributed by atoms with Crippen molar-refractivity contribution in [1.29, 1.82) is 0 Å². The van der Waals surface area contributed by atoms with Crippen molar-refractivity contribution < 1.29 is 19.4 Å². The summed E-state index contributed by atoms with van der Waals surface area (Å²) in [5, 5.41) is 8.63. The molecule has 0 amide bonds. The van der Waals surface area contributed by atoms with Crippen molar-refractivity contribution in [2.24, 2.45) is 5.92 Å². The van der Waals surface area contributed by atoms with Crippen molar-refractivity contribution in [2.45, 2.75) is 12.8 Å². The highest BCUT2D eigenvalue weighted by atomic mass is 16.5. The number of hydrogen-bond acceptors (Lipinski definition) is 3. The second-order valence-corrected chi connectivity index (χ2v) is 3.51. The van der Waals surface area contributed by atoms with E-state index in [-0.39, 0.29) is 6.42 Å². The summed E-state index contributed by atoms with van der Waals surface area (Å²) in [6, 6.07) is 7.28. The largest absolute Gasteiger partial charge is 0.496 e. The normalized spacial score (nSPS) is 11.8. The Morgan fingerprint density at radius 1 is 1.50 bits per heavy atom. The van der Waals surface area contributed by atoms with Gasteiger partial charge in [0.2, 0.25) is 0 Å². The van der Waals surface area contributed by atoms with E-state index in [4.69, 9.17) is 9.84 Å². The van der Waals surface area contributed by atoms with Crippen LogP contribution in [-0.4, -0.2) is 24.5 Å². The van der Waals surface area contributed by atoms with Crippen LogP contribution in [0.15, 0.2) is 24.3 Å². The molecule has 4 nitrogen and oxygen atoms in total. The van der Waals surface area contributed by atoms with E-state index in [2.05, 4.69) is 0 Å². The molecule has 0 fully saturated rings. The van der Waals surface area contributed by atoms with Crippen molar-refractivity contribution in [3.05, 3.63) is 29.8 Å². The minimum absolute atomic E-state index is 0.151. The van der Waals surface area contributed by atoms with Gasteiger partial charge in [0.05, 0.1) is 13.5 Å². The summed E-state index contributed by atoms with van der Waals surface area (Å²) in [4.78, 5) is 21.3. The fourth-order valence-electron chi connectivity index (χ4n) is 1.55. The van der Waals surface area contributed by atoms with Gasteiger partial charge in [-0.05, 0) is 18.1 Å². The number of methoxy groups -OCH3 is 1. The summed E-state index contributed by atoms with van der Waals surface area (Å²) in [5.41, 5.74) is 0.850. The molecule has 1 atom stereocenters. The van der Waals surface area contributed by atoms with Crippen molar-refractivity contribution in [2.75, 3.05) is 7.11 Å². The number of carbonyl (C=O) groups excluding carboxylic acids is 1. The smallest absolute Gasteiger partial charge is 0.304 e. The predicted molar refractivity (Wildman–Crippen MR) is 58.5 cm³/mol. The van der Waals surface area contributed by atoms with Crippen LogP contribution in [0.4, 0.5) is 0 Å². The maximum absolute atomic E-state index is 10.7. The molecule has 0 radical (unpaired) electrons. The molecule has 0 saturated carbocycles. The first-order chi connectivity index (χ1) is 7.67. The molecule has 0 aliphatic carbocycles. The number of aldehydes is 1. The average molecular weight is 222 g/mol. The molecule has 0 aliphatic rings. The molecule has 0 heterocycles. The number of carbonyl (C=O) groups is 2. The molecule has 0 aromatic heterocycles. The van der Waals surface area contributed by atoms with E-state index in [0.717, 1.165) is 5.56 Å². The van der Waals surface area contributed by atoms with E-state index in [0.29, 0.717) is 18.5 Å². The summed E-state index contributed by atoms with van der Waals surface area (Å²) < 4.78 is 5.13. The Hall–Kier alpha value is -1.84. The quantitative estimate of drug-likeness (QED) is 0.741. The monoisotopic (exact) mass is 222 g/mol. The maximum Gasteiger partial charge on any atom is 0.304 e. The van der Waals surface area contributed by atoms with Crippen molar-refractivity contribution in [3.8, 4) is 5.75 Å². The molecule has 0 aliphatic heterocycles. The van der Waals surface area contributed by atoms with Gasteiger partial charge in [0, 0.05) is 5.92 Å². The van der Waals surface area contributed by atoms with Crippen molar-refractivity contribution in [1.82, 2.24) is 0 Å². The lowest BCUT2D eigenvalue weighted by molar-refractivity contribution is -0.139. The zero-order chi connectivity index (χ0) is 12.0. The molecule has 1 aromatic rings. The van der Waals surface area contributed by atoms with Gasteiger partial charge in [0.1, 0.15) is 12.0 Å². The van der Waals surface area contributed by atoms with Gasteiger partial charge < -0.3 is 14.6 Å². The highest BCUT2D eigenvalue weighted by Gasteiger charge is 2.14. The third kappa shape index (κ3) is 3.38. The van der Waals surface area contributed by atoms with Crippen molar-refractivity contribution >= 4 is 12.3 Å². The zero-order valence-electron chi connectivity index (χ0n) is 9.05. The number of aliphatic carboxylic acids is 1. The standard InChI is InChI=1S/C12H14O4/c1-16-11-5-3-2-4-10(11)6-9(8-13)7-12(14)15/h2-5,8-9H,6-7H2,1H3,(H,14,15). The molecular formula is C12H14O4. The van der Waals surface area contributed by atoms with Crippen molar-refractivity contribution in [3.63, 3.8) is 0 Å². The van der Waals surface area contributed by atoms with Crippen LogP contribution in [0.25, 0.3) is 0 Å². The fourth-order valence-corrected chi connectivity index (χ4v) is 1.55. The second kappa shape index (κ2) is 5.90. The molecule has 16 heavy (non-hydrogen) atoms. The third-order valence-electron chi connectivity index (χ3n) is 2.30. The van der Waals surface area contributed by atoms with Gasteiger partial charge in [-0.2, -0.15) is 0 Å². The fraction of sp³-hybridized carbons (Fsp3) is 0.333. The number of carboxylic acids is 1. The SMILES string of the molecule is COc1ccccc1CC(C=O)CC(=O)O. The van der Waals surface area contributed by atoms with E-state index >= 15 is 0 Å². The number of ether oxygens (including phenoxy) is 1. The molecule has 1 aromatic carbocycles. The first-order valence-corrected chi connectivity index (χ1v) is 4.96. The Morgan fingerprint density at radius 3 is 2.75 bits per heavy atom. The first-order valence-electron chi connectivity index (χ1n) is 4.96. The summed E-state index contributed by atoms with van der Waals surface area (Å²) in [5.74, 6) is -0.791. The van der Waals surface area contributed by atoms with Gasteiger partial charge in [0.15, 0.2) is 0 Å². The van der Waals surface area contributed by atoms with E-state index in [9.17, 15) is 9.59 Å². The van der Waals surface area contributed by atoms with Crippen LogP contribution < -0.4 is 4.74 Å². The van der Waals surface area contributed by atoms with Crippen LogP contribution >= 0.6 is 0 Å². The summed E-state index contributed by atoms with van der Waals surface area (Å²) in [7, 11) is 1.55. The van der Waals surface area contributed by atoms with Gasteiger partial charge in [-0.1, -0.05) is 18.2 Å². The Morgan fingerprint density at radius 2 is 2.19 bits per heavy atom. The Labute approximate surface area is 93.9 Å². The summed E-state index contributed by atoms with van der Waals surface area (Å²) in [6.45, 7) is 0. The van der Waals surface area contributed by atoms with Crippen LogP contribution in [0.5, 0.6) is 5.75 Å². The predicted octanol–water partition coefficient (Wildman–Crippen LogP) is 1.53. The molecule has 1 rings (SSSR count). The molecule has 0 spiro atoms. The lowest BCUT2D eigenvalue weighted by Crippen LogP contribution is -2.12. The lowest BCUT2D eigenvalue weighted by Gasteiger charge is -2.11. The summed E-state index contributed by atoms with van der Waals surface area (Å²) in [6.07, 6.45) is 0.919. The molecule has 1 unspecified atom stereocenters. The topological polar surface area (TPSA) is 63.6 Å². The Bertz CT molecular complexity index is 373. The summed E-state index contributed by atoms with van der Waals surface area (Å²) >= 11 is 0. The Kier molecular flexibility index (Phi) is 4.51. The number of carboxylic acid groups (broad SMARTS) is 1. The van der Waals surface area contributed by atoms with Crippen LogP contribution in [0.3, 0.4) is 0 Å². The molecule has 0 bridgehead atoms. The van der Waals surface area contributed by atoms with Crippen LogP contribution in [0.1, 0.15) is 12.0 Å². The molecule has 4 heteroatoms. The molecule has 1 N–H and O–H groups in total. The van der Waals surface area contributed by atoms with Gasteiger partial charge >= 0.3 is 5.97 Å². The Balaban J connectivity index is 2.77. The third-order valence-corrected chi connectivity index (χ3v) is 2.30. The average Bonchev–Trinajstić information content (AvgIpc) is 2.28. The zero-order valence-corrected chi connectivity index (χ0v) is 9.05. The molecule has 86 valence electrons. The van der Waals surface area contributed by atoms with Crippen LogP contribution in [-0.2, 0) is 16.0 Å². The van der Waals surface area contributed by atoms with E-state index in [1.165, 1.54) is 0 Å². The van der Waals surface area contributed by atoms with Gasteiger partial charge in [0.25, 0.3) is 0 Å². The van der Waals surface area contributed by atoms with E-state index in [1.54, 1.807) is 13.2 Å². The van der Waals surface area contributed by atoms with Crippen LogP contribution in [0, 0.1) is 5.92 Å². The highest BCUT2D eigenvalue weighted by molar-refractivity contribution is 5.72.